The molecule has 0 fully saturated rings. The number of amides is 1. The van der Waals surface area contributed by atoms with Gasteiger partial charge in [0.1, 0.15) is 18.4 Å². The second kappa shape index (κ2) is 11.0. The maximum Gasteiger partial charge on any atom is 0.529 e. The molecule has 36 heavy (non-hydrogen) atoms. The largest absolute Gasteiger partial charge is 0.529 e. The van der Waals surface area contributed by atoms with E-state index in [1.807, 2.05) is 30.3 Å². The summed E-state index contributed by atoms with van der Waals surface area (Å²) in [5, 5.41) is 12.0. The van der Waals surface area contributed by atoms with Crippen molar-refractivity contribution in [3.8, 4) is 16.9 Å². The molecule has 9 nitrogen and oxygen atoms in total. The number of alkyl carbamates (subject to hydrolysis) is 1. The second-order valence-electron chi connectivity index (χ2n) is 8.14. The third-order valence-electron chi connectivity index (χ3n) is 5.92. The number of carboxylic acids is 1. The second-order valence-corrected chi connectivity index (χ2v) is 9.95. The standard InChI is InChI=1S/C26H26NO8P/c1-32-36(31,33-2)35-20-12-10-17(11-13-20)14-24(25(28)29)27-26(30)34-16-19-7-5-9-22-21-8-4-3-6-18(21)15-23(19)22/h3-13,24H,14-16H2,1-2H3,(H,27,30)(H,28,29)/t24-/m0/s1. The van der Waals surface area contributed by atoms with Crippen molar-refractivity contribution in [2.45, 2.75) is 25.5 Å². The number of hydrogen-bond acceptors (Lipinski definition) is 7. The van der Waals surface area contributed by atoms with Crippen LogP contribution in [0.4, 0.5) is 4.79 Å². The van der Waals surface area contributed by atoms with E-state index in [1.54, 1.807) is 12.1 Å². The Bertz CT molecular complexity index is 1300. The number of phosphoric acid groups is 1. The van der Waals surface area contributed by atoms with Crippen molar-refractivity contribution in [2.24, 2.45) is 0 Å². The fraction of sp³-hybridized carbons (Fsp3) is 0.231. The van der Waals surface area contributed by atoms with Crippen molar-refractivity contribution in [3.63, 3.8) is 0 Å². The molecule has 4 rings (SSSR count). The number of fused-ring (bicyclic) bond motifs is 3. The minimum atomic E-state index is -3.70. The lowest BCUT2D eigenvalue weighted by Crippen LogP contribution is -2.42. The number of aliphatic carboxylic acids is 1. The van der Waals surface area contributed by atoms with Gasteiger partial charge in [-0.2, -0.15) is 0 Å². The van der Waals surface area contributed by atoms with Crippen LogP contribution in [0.5, 0.6) is 5.75 Å². The number of rotatable bonds is 10. The van der Waals surface area contributed by atoms with E-state index in [1.165, 1.54) is 37.5 Å². The summed E-state index contributed by atoms with van der Waals surface area (Å²) in [6, 6.07) is 19.0. The predicted molar refractivity (Wildman–Crippen MR) is 132 cm³/mol. The number of nitrogens with one attached hydrogen (secondary N) is 1. The fourth-order valence-electron chi connectivity index (χ4n) is 4.09. The van der Waals surface area contributed by atoms with Crippen LogP contribution in [0.25, 0.3) is 11.1 Å². The number of carboxylic acid groups (broad SMARTS) is 1. The van der Waals surface area contributed by atoms with Gasteiger partial charge >= 0.3 is 19.9 Å². The van der Waals surface area contributed by atoms with Gasteiger partial charge in [0.25, 0.3) is 0 Å². The van der Waals surface area contributed by atoms with Gasteiger partial charge in [0, 0.05) is 20.6 Å². The minimum Gasteiger partial charge on any atom is -0.480 e. The SMILES string of the molecule is COP(=O)(OC)Oc1ccc(C[C@H](NC(=O)OCc2cccc3c2Cc2ccccc2-3)C(=O)O)cc1. The fourth-order valence-corrected chi connectivity index (χ4v) is 4.76. The van der Waals surface area contributed by atoms with Crippen molar-refractivity contribution in [1.29, 1.82) is 0 Å². The van der Waals surface area contributed by atoms with Gasteiger partial charge in [-0.1, -0.05) is 54.6 Å². The highest BCUT2D eigenvalue weighted by atomic mass is 31.2. The first-order valence-electron chi connectivity index (χ1n) is 11.2. The predicted octanol–water partition coefficient (Wildman–Crippen LogP) is 4.96. The van der Waals surface area contributed by atoms with Crippen molar-refractivity contribution < 1.29 is 37.6 Å². The topological polar surface area (TPSA) is 120 Å². The molecule has 10 heteroatoms. The molecule has 0 aliphatic heterocycles. The molecule has 0 bridgehead atoms. The first-order chi connectivity index (χ1) is 17.3. The van der Waals surface area contributed by atoms with Crippen LogP contribution in [-0.2, 0) is 42.6 Å². The molecule has 0 heterocycles. The number of ether oxygens (including phenoxy) is 1. The van der Waals surface area contributed by atoms with Crippen LogP contribution >= 0.6 is 7.82 Å². The Balaban J connectivity index is 1.35. The summed E-state index contributed by atoms with van der Waals surface area (Å²) in [5.74, 6) is -0.978. The van der Waals surface area contributed by atoms with E-state index in [0.717, 1.165) is 23.1 Å². The van der Waals surface area contributed by atoms with Crippen LogP contribution in [0.3, 0.4) is 0 Å². The first-order valence-corrected chi connectivity index (χ1v) is 12.6. The molecule has 0 spiro atoms. The Hall–Kier alpha value is -3.65. The molecule has 0 saturated carbocycles. The zero-order chi connectivity index (χ0) is 25.7. The van der Waals surface area contributed by atoms with E-state index in [9.17, 15) is 19.3 Å². The molecule has 3 aromatic rings. The molecule has 0 unspecified atom stereocenters. The summed E-state index contributed by atoms with van der Waals surface area (Å²) in [5.41, 5.74) is 6.11. The number of carbonyl (C=O) groups is 2. The van der Waals surface area contributed by atoms with Crippen LogP contribution in [0, 0.1) is 0 Å². The molecule has 3 aromatic carbocycles. The highest BCUT2D eigenvalue weighted by Crippen LogP contribution is 2.47. The van der Waals surface area contributed by atoms with Gasteiger partial charge in [-0.25, -0.2) is 14.2 Å². The van der Waals surface area contributed by atoms with E-state index >= 15 is 0 Å². The third-order valence-corrected chi connectivity index (χ3v) is 7.25. The minimum absolute atomic E-state index is 0.00692. The van der Waals surface area contributed by atoms with Crippen molar-refractivity contribution in [1.82, 2.24) is 5.32 Å². The van der Waals surface area contributed by atoms with E-state index in [-0.39, 0.29) is 18.8 Å². The third kappa shape index (κ3) is 5.76. The molecule has 1 amide bonds. The highest BCUT2D eigenvalue weighted by Gasteiger charge is 2.26. The zero-order valence-electron chi connectivity index (χ0n) is 19.8. The Morgan fingerprint density at radius 3 is 2.36 bits per heavy atom. The molecule has 0 aromatic heterocycles. The lowest BCUT2D eigenvalue weighted by molar-refractivity contribution is -0.139. The molecule has 0 radical (unpaired) electrons. The molecular formula is C26H26NO8P. The number of benzene rings is 3. The highest BCUT2D eigenvalue weighted by molar-refractivity contribution is 7.48. The van der Waals surface area contributed by atoms with Gasteiger partial charge in [-0.3, -0.25) is 9.05 Å². The molecular weight excluding hydrogens is 485 g/mol. The lowest BCUT2D eigenvalue weighted by Gasteiger charge is -2.16. The molecule has 1 atom stereocenters. The smallest absolute Gasteiger partial charge is 0.480 e. The van der Waals surface area contributed by atoms with Crippen LogP contribution < -0.4 is 9.84 Å². The van der Waals surface area contributed by atoms with E-state index < -0.39 is 25.9 Å². The van der Waals surface area contributed by atoms with Gasteiger partial charge in [0.2, 0.25) is 0 Å². The first kappa shape index (κ1) is 25.4. The number of carbonyl (C=O) groups excluding carboxylic acids is 1. The van der Waals surface area contributed by atoms with E-state index in [0.29, 0.717) is 5.56 Å². The summed E-state index contributed by atoms with van der Waals surface area (Å²) >= 11 is 0. The molecule has 1 aliphatic carbocycles. The average molecular weight is 511 g/mol. The maximum absolute atomic E-state index is 12.4. The van der Waals surface area contributed by atoms with Gasteiger partial charge < -0.3 is 19.7 Å². The summed E-state index contributed by atoms with van der Waals surface area (Å²) in [6.07, 6.45) is -0.0574. The van der Waals surface area contributed by atoms with Crippen LogP contribution in [0.1, 0.15) is 22.3 Å². The normalized spacial score (nSPS) is 12.8. The Morgan fingerprint density at radius 1 is 0.972 bits per heavy atom. The Labute approximate surface area is 208 Å². The lowest BCUT2D eigenvalue weighted by atomic mass is 10.0. The van der Waals surface area contributed by atoms with E-state index in [4.69, 9.17) is 18.3 Å². The Kier molecular flexibility index (Phi) is 7.74. The van der Waals surface area contributed by atoms with Crippen molar-refractivity contribution >= 4 is 19.9 Å². The monoisotopic (exact) mass is 511 g/mol. The number of phosphoric ester groups is 1. The number of hydrogen-bond donors (Lipinski definition) is 2. The van der Waals surface area contributed by atoms with Crippen LogP contribution in [-0.4, -0.2) is 37.4 Å². The molecule has 2 N–H and O–H groups in total. The summed E-state index contributed by atoms with van der Waals surface area (Å²) in [6.45, 7) is 0.0282. The van der Waals surface area contributed by atoms with Gasteiger partial charge in [0.15, 0.2) is 0 Å². The quantitative estimate of drug-likeness (QED) is 0.287. The van der Waals surface area contributed by atoms with Gasteiger partial charge in [-0.05, 0) is 51.9 Å². The summed E-state index contributed by atoms with van der Waals surface area (Å²) in [7, 11) is -1.30. The van der Waals surface area contributed by atoms with Crippen LogP contribution in [0.15, 0.2) is 66.7 Å². The van der Waals surface area contributed by atoms with Crippen molar-refractivity contribution in [2.75, 3.05) is 14.2 Å². The maximum atomic E-state index is 12.4. The molecule has 188 valence electrons. The zero-order valence-corrected chi connectivity index (χ0v) is 20.7. The molecule has 0 saturated heterocycles. The van der Waals surface area contributed by atoms with Gasteiger partial charge in [-0.15, -0.1) is 0 Å². The van der Waals surface area contributed by atoms with Crippen molar-refractivity contribution in [3.05, 3.63) is 89.0 Å². The molecule has 1 aliphatic rings. The van der Waals surface area contributed by atoms with Gasteiger partial charge in [0.05, 0.1) is 0 Å². The summed E-state index contributed by atoms with van der Waals surface area (Å²) in [4.78, 5) is 24.2. The Morgan fingerprint density at radius 2 is 1.67 bits per heavy atom. The van der Waals surface area contributed by atoms with Crippen LogP contribution in [0.2, 0.25) is 0 Å². The average Bonchev–Trinajstić information content (AvgIpc) is 3.27. The van der Waals surface area contributed by atoms with E-state index in [2.05, 4.69) is 17.4 Å². The summed E-state index contributed by atoms with van der Waals surface area (Å²) < 4.78 is 32.1.